The molecule has 2 N–H and O–H groups in total. The Kier molecular flexibility index (Phi) is 8.11. The van der Waals surface area contributed by atoms with Crippen LogP contribution in [0, 0.1) is 13.8 Å². The number of benzene rings is 3. The van der Waals surface area contributed by atoms with Crippen LogP contribution in [0.2, 0.25) is 10.0 Å². The van der Waals surface area contributed by atoms with Crippen LogP contribution in [0.4, 0.5) is 11.4 Å². The Hall–Kier alpha value is -2.19. The van der Waals surface area contributed by atoms with Crippen molar-refractivity contribution >= 4 is 62.3 Å². The second-order valence-electron chi connectivity index (χ2n) is 7.17. The molecule has 0 saturated carbocycles. The van der Waals surface area contributed by atoms with Crippen LogP contribution >= 0.6 is 35.0 Å². The van der Waals surface area contributed by atoms with Gasteiger partial charge in [0.05, 0.1) is 10.6 Å². The molecule has 168 valence electrons. The normalized spacial score (nSPS) is 11.2. The van der Waals surface area contributed by atoms with Gasteiger partial charge in [-0.3, -0.25) is 9.52 Å². The second-order valence-corrected chi connectivity index (χ2v) is 10.7. The second kappa shape index (κ2) is 10.6. The van der Waals surface area contributed by atoms with Crippen LogP contribution < -0.4 is 10.0 Å². The zero-order chi connectivity index (χ0) is 23.3. The van der Waals surface area contributed by atoms with Crippen LogP contribution in [0.3, 0.4) is 0 Å². The van der Waals surface area contributed by atoms with Crippen LogP contribution in [-0.4, -0.2) is 20.1 Å². The summed E-state index contributed by atoms with van der Waals surface area (Å²) < 4.78 is 27.9. The molecule has 0 heterocycles. The average molecular weight is 509 g/mol. The standard InChI is InChI=1S/C23H22Cl2N2O3S2/c1-15-6-7-18(12-16(15)2)27-32(29,30)19-10-8-17(9-11-19)26-23(28)14-31-13-20-21(24)4-3-5-22(20)25/h3-12,27H,13-14H2,1-2H3,(H,26,28). The van der Waals surface area contributed by atoms with E-state index in [2.05, 4.69) is 10.0 Å². The third kappa shape index (κ3) is 6.42. The van der Waals surface area contributed by atoms with Crippen molar-refractivity contribution in [1.29, 1.82) is 0 Å². The van der Waals surface area contributed by atoms with Gasteiger partial charge in [-0.25, -0.2) is 8.42 Å². The smallest absolute Gasteiger partial charge is 0.261 e. The van der Waals surface area contributed by atoms with Gasteiger partial charge in [-0.05, 0) is 79.1 Å². The van der Waals surface area contributed by atoms with Gasteiger partial charge in [-0.15, -0.1) is 11.8 Å². The lowest BCUT2D eigenvalue weighted by Crippen LogP contribution is -2.15. The number of sulfonamides is 1. The molecule has 0 unspecified atom stereocenters. The van der Waals surface area contributed by atoms with E-state index >= 15 is 0 Å². The molecule has 0 aliphatic heterocycles. The molecule has 3 rings (SSSR count). The minimum absolute atomic E-state index is 0.108. The largest absolute Gasteiger partial charge is 0.325 e. The molecule has 0 fully saturated rings. The van der Waals surface area contributed by atoms with Gasteiger partial charge in [-0.1, -0.05) is 35.3 Å². The minimum atomic E-state index is -3.73. The molecule has 0 aliphatic rings. The highest BCUT2D eigenvalue weighted by Crippen LogP contribution is 2.28. The molecule has 0 aliphatic carbocycles. The number of anilines is 2. The summed E-state index contributed by atoms with van der Waals surface area (Å²) in [6.45, 7) is 3.89. The number of carbonyl (C=O) groups excluding carboxylic acids is 1. The number of hydrogen-bond donors (Lipinski definition) is 2. The average Bonchev–Trinajstić information content (AvgIpc) is 2.73. The molecule has 9 heteroatoms. The number of carbonyl (C=O) groups is 1. The van der Waals surface area contributed by atoms with Crippen molar-refractivity contribution in [3.8, 4) is 0 Å². The summed E-state index contributed by atoms with van der Waals surface area (Å²) >= 11 is 13.7. The van der Waals surface area contributed by atoms with Crippen LogP contribution in [-0.2, 0) is 20.6 Å². The van der Waals surface area contributed by atoms with E-state index in [1.54, 1.807) is 42.5 Å². The van der Waals surface area contributed by atoms with Crippen molar-refractivity contribution in [3.05, 3.63) is 87.4 Å². The molecule has 0 spiro atoms. The lowest BCUT2D eigenvalue weighted by Gasteiger charge is -2.11. The quantitative estimate of drug-likeness (QED) is 0.375. The third-order valence-electron chi connectivity index (χ3n) is 4.75. The van der Waals surface area contributed by atoms with Gasteiger partial charge in [0.25, 0.3) is 10.0 Å². The Labute approximate surface area is 202 Å². The molecule has 3 aromatic rings. The molecular formula is C23H22Cl2N2O3S2. The molecular weight excluding hydrogens is 487 g/mol. The highest BCUT2D eigenvalue weighted by atomic mass is 35.5. The summed E-state index contributed by atoms with van der Waals surface area (Å²) in [6.07, 6.45) is 0. The summed E-state index contributed by atoms with van der Waals surface area (Å²) in [7, 11) is -3.73. The predicted molar refractivity (Wildman–Crippen MR) is 134 cm³/mol. The van der Waals surface area contributed by atoms with Gasteiger partial charge in [0.1, 0.15) is 0 Å². The van der Waals surface area contributed by atoms with E-state index in [0.717, 1.165) is 16.7 Å². The number of aryl methyl sites for hydroxylation is 2. The molecule has 0 bridgehead atoms. The Morgan fingerprint density at radius 3 is 2.16 bits per heavy atom. The number of nitrogens with one attached hydrogen (secondary N) is 2. The Morgan fingerprint density at radius 2 is 1.53 bits per heavy atom. The van der Waals surface area contributed by atoms with E-state index in [1.807, 2.05) is 19.9 Å². The van der Waals surface area contributed by atoms with Crippen molar-refractivity contribution in [2.45, 2.75) is 24.5 Å². The maximum atomic E-state index is 12.6. The fourth-order valence-electron chi connectivity index (χ4n) is 2.85. The fraction of sp³-hybridized carbons (Fsp3) is 0.174. The van der Waals surface area contributed by atoms with Gasteiger partial charge in [0.15, 0.2) is 0 Å². The van der Waals surface area contributed by atoms with Crippen LogP contribution in [0.1, 0.15) is 16.7 Å². The van der Waals surface area contributed by atoms with Gasteiger partial charge >= 0.3 is 0 Å². The highest BCUT2D eigenvalue weighted by molar-refractivity contribution is 7.99. The lowest BCUT2D eigenvalue weighted by molar-refractivity contribution is -0.113. The van der Waals surface area contributed by atoms with Gasteiger partial charge in [0, 0.05) is 27.2 Å². The zero-order valence-corrected chi connectivity index (χ0v) is 20.6. The van der Waals surface area contributed by atoms with E-state index in [0.29, 0.717) is 27.2 Å². The van der Waals surface area contributed by atoms with Crippen molar-refractivity contribution in [2.24, 2.45) is 0 Å². The van der Waals surface area contributed by atoms with Crippen molar-refractivity contribution in [3.63, 3.8) is 0 Å². The summed E-state index contributed by atoms with van der Waals surface area (Å²) in [6, 6.07) is 16.7. The first-order valence-electron chi connectivity index (χ1n) is 9.66. The number of hydrogen-bond acceptors (Lipinski definition) is 4. The molecule has 1 amide bonds. The SMILES string of the molecule is Cc1ccc(NS(=O)(=O)c2ccc(NC(=O)CSCc3c(Cl)cccc3Cl)cc2)cc1C. The maximum absolute atomic E-state index is 12.6. The summed E-state index contributed by atoms with van der Waals surface area (Å²) in [5.74, 6) is 0.505. The minimum Gasteiger partial charge on any atom is -0.325 e. The Morgan fingerprint density at radius 1 is 0.906 bits per heavy atom. The van der Waals surface area contributed by atoms with Gasteiger partial charge in [-0.2, -0.15) is 0 Å². The number of rotatable bonds is 8. The van der Waals surface area contributed by atoms with E-state index in [1.165, 1.54) is 23.9 Å². The molecule has 0 aromatic heterocycles. The maximum Gasteiger partial charge on any atom is 0.261 e. The first-order chi connectivity index (χ1) is 15.2. The van der Waals surface area contributed by atoms with E-state index < -0.39 is 10.0 Å². The highest BCUT2D eigenvalue weighted by Gasteiger charge is 2.15. The number of amides is 1. The lowest BCUT2D eigenvalue weighted by atomic mass is 10.1. The summed E-state index contributed by atoms with van der Waals surface area (Å²) in [4.78, 5) is 12.3. The molecule has 0 radical (unpaired) electrons. The van der Waals surface area contributed by atoms with Crippen LogP contribution in [0.15, 0.2) is 65.6 Å². The van der Waals surface area contributed by atoms with Gasteiger partial charge < -0.3 is 5.32 Å². The zero-order valence-electron chi connectivity index (χ0n) is 17.5. The van der Waals surface area contributed by atoms with Crippen molar-refractivity contribution in [2.75, 3.05) is 15.8 Å². The number of halogens is 2. The molecule has 3 aromatic carbocycles. The summed E-state index contributed by atoms with van der Waals surface area (Å²) in [5.41, 5.74) is 3.89. The predicted octanol–water partition coefficient (Wildman–Crippen LogP) is 6.28. The van der Waals surface area contributed by atoms with E-state index in [9.17, 15) is 13.2 Å². The Bertz CT molecular complexity index is 1210. The third-order valence-corrected chi connectivity index (χ3v) is 7.81. The first-order valence-corrected chi connectivity index (χ1v) is 13.1. The fourth-order valence-corrected chi connectivity index (χ4v) is 5.46. The Balaban J connectivity index is 1.56. The molecule has 5 nitrogen and oxygen atoms in total. The molecule has 0 saturated heterocycles. The summed E-state index contributed by atoms with van der Waals surface area (Å²) in [5, 5.41) is 3.89. The monoisotopic (exact) mass is 508 g/mol. The van der Waals surface area contributed by atoms with Crippen molar-refractivity contribution < 1.29 is 13.2 Å². The van der Waals surface area contributed by atoms with Crippen LogP contribution in [0.5, 0.6) is 0 Å². The molecule has 32 heavy (non-hydrogen) atoms. The molecule has 0 atom stereocenters. The van der Waals surface area contributed by atoms with Crippen molar-refractivity contribution in [1.82, 2.24) is 0 Å². The first kappa shape index (κ1) is 24.5. The van der Waals surface area contributed by atoms with Gasteiger partial charge in [0.2, 0.25) is 5.91 Å². The van der Waals surface area contributed by atoms with E-state index in [-0.39, 0.29) is 16.6 Å². The van der Waals surface area contributed by atoms with Crippen LogP contribution in [0.25, 0.3) is 0 Å². The number of thioether (sulfide) groups is 1. The topological polar surface area (TPSA) is 75.3 Å². The van der Waals surface area contributed by atoms with E-state index in [4.69, 9.17) is 23.2 Å².